The van der Waals surface area contributed by atoms with Crippen LogP contribution in [0.5, 0.6) is 0 Å². The number of ketones is 1. The molecule has 0 radical (unpaired) electrons. The second kappa shape index (κ2) is 5.67. The largest absolute Gasteiger partial charge is 0.461 e. The van der Waals surface area contributed by atoms with Gasteiger partial charge in [0.05, 0.1) is 11.8 Å². The second-order valence-electron chi connectivity index (χ2n) is 4.10. The van der Waals surface area contributed by atoms with Gasteiger partial charge in [-0.2, -0.15) is 18.4 Å². The second-order valence-corrected chi connectivity index (χ2v) is 4.10. The van der Waals surface area contributed by atoms with Crippen molar-refractivity contribution in [2.24, 2.45) is 0 Å². The van der Waals surface area contributed by atoms with E-state index in [4.69, 9.17) is 9.68 Å². The number of carbonyl (C=O) groups is 1. The number of nitrogens with zero attached hydrogens (tertiary/aromatic N) is 1. The first-order chi connectivity index (χ1) is 9.91. The number of alkyl halides is 3. The van der Waals surface area contributed by atoms with Crippen LogP contribution in [-0.4, -0.2) is 5.78 Å². The van der Waals surface area contributed by atoms with Crippen LogP contribution in [0.3, 0.4) is 0 Å². The number of Topliss-reactive ketones (excluding diaryl/α,β-unsaturated/α-hetero) is 1. The number of hydrogen-bond acceptors (Lipinski definition) is 3. The molecule has 0 bridgehead atoms. The van der Waals surface area contributed by atoms with E-state index in [0.29, 0.717) is 5.56 Å². The molecule has 0 N–H and O–H groups in total. The topological polar surface area (TPSA) is 54.0 Å². The lowest BCUT2D eigenvalue weighted by Crippen LogP contribution is -2.04. The maximum Gasteiger partial charge on any atom is 0.416 e. The van der Waals surface area contributed by atoms with Crippen LogP contribution in [-0.2, 0) is 6.18 Å². The third kappa shape index (κ3) is 3.39. The van der Waals surface area contributed by atoms with Gasteiger partial charge in [0.25, 0.3) is 0 Å². The van der Waals surface area contributed by atoms with Crippen LogP contribution in [0, 0.1) is 11.3 Å². The van der Waals surface area contributed by atoms with Gasteiger partial charge in [-0.1, -0.05) is 12.1 Å². The highest BCUT2D eigenvalue weighted by molar-refractivity contribution is 6.12. The number of rotatable bonds is 3. The zero-order chi connectivity index (χ0) is 15.5. The van der Waals surface area contributed by atoms with Crippen molar-refractivity contribution in [1.82, 2.24) is 0 Å². The maximum atomic E-state index is 12.4. The molecule has 0 saturated heterocycles. The summed E-state index contributed by atoms with van der Waals surface area (Å²) in [5, 5.41) is 8.98. The Morgan fingerprint density at radius 3 is 2.33 bits per heavy atom. The molecule has 2 rings (SSSR count). The Bertz CT molecular complexity index is 705. The van der Waals surface area contributed by atoms with Gasteiger partial charge in [0.1, 0.15) is 11.6 Å². The number of allylic oxidation sites excluding steroid dienone is 1. The van der Waals surface area contributed by atoms with Crippen LogP contribution < -0.4 is 0 Å². The van der Waals surface area contributed by atoms with Crippen molar-refractivity contribution in [1.29, 1.82) is 5.26 Å². The molecule has 0 aliphatic carbocycles. The SMILES string of the molecule is N#C/C(=C\c1ccc(C(F)(F)F)cc1)C(=O)c1ccco1. The minimum absolute atomic E-state index is 0.00490. The Kier molecular flexibility index (Phi) is 3.94. The van der Waals surface area contributed by atoms with Crippen LogP contribution in [0.15, 0.2) is 52.7 Å². The van der Waals surface area contributed by atoms with Crippen LogP contribution in [0.1, 0.15) is 21.7 Å². The van der Waals surface area contributed by atoms with E-state index >= 15 is 0 Å². The van der Waals surface area contributed by atoms with Crippen LogP contribution in [0.2, 0.25) is 0 Å². The van der Waals surface area contributed by atoms with Crippen molar-refractivity contribution < 1.29 is 22.4 Å². The monoisotopic (exact) mass is 291 g/mol. The fourth-order valence-electron chi connectivity index (χ4n) is 1.62. The molecule has 6 heteroatoms. The Hall–Kier alpha value is -2.81. The number of halogens is 3. The average molecular weight is 291 g/mol. The average Bonchev–Trinajstić information content (AvgIpc) is 2.97. The zero-order valence-corrected chi connectivity index (χ0v) is 10.5. The molecule has 0 aliphatic heterocycles. The summed E-state index contributed by atoms with van der Waals surface area (Å²) in [7, 11) is 0. The minimum atomic E-state index is -4.43. The van der Waals surface area contributed by atoms with Crippen molar-refractivity contribution in [3.05, 3.63) is 65.1 Å². The molecule has 106 valence electrons. The summed E-state index contributed by atoms with van der Waals surface area (Å²) in [6, 6.07) is 8.77. The molecular weight excluding hydrogens is 283 g/mol. The summed E-state index contributed by atoms with van der Waals surface area (Å²) in [4.78, 5) is 11.9. The number of hydrogen-bond donors (Lipinski definition) is 0. The van der Waals surface area contributed by atoms with Crippen molar-refractivity contribution >= 4 is 11.9 Å². The standard InChI is InChI=1S/C15H8F3NO2/c16-15(17,18)12-5-3-10(4-6-12)8-11(9-19)14(20)13-2-1-7-21-13/h1-8H/b11-8+. The molecule has 0 saturated carbocycles. The fourth-order valence-corrected chi connectivity index (χ4v) is 1.62. The van der Waals surface area contributed by atoms with Crippen LogP contribution in [0.25, 0.3) is 6.08 Å². The first-order valence-electron chi connectivity index (χ1n) is 5.79. The van der Waals surface area contributed by atoms with Gasteiger partial charge in [0, 0.05) is 0 Å². The van der Waals surface area contributed by atoms with E-state index in [1.807, 2.05) is 0 Å². The summed E-state index contributed by atoms with van der Waals surface area (Å²) < 4.78 is 42.2. The minimum Gasteiger partial charge on any atom is -0.461 e. The highest BCUT2D eigenvalue weighted by Crippen LogP contribution is 2.29. The maximum absolute atomic E-state index is 12.4. The molecule has 0 unspecified atom stereocenters. The van der Waals surface area contributed by atoms with E-state index in [2.05, 4.69) is 0 Å². The molecule has 2 aromatic rings. The molecule has 1 heterocycles. The molecule has 1 aromatic carbocycles. The van der Waals surface area contributed by atoms with Gasteiger partial charge in [-0.25, -0.2) is 0 Å². The predicted octanol–water partition coefficient (Wildman–Crippen LogP) is 4.09. The van der Waals surface area contributed by atoms with Gasteiger partial charge in [-0.15, -0.1) is 0 Å². The van der Waals surface area contributed by atoms with Gasteiger partial charge in [0.15, 0.2) is 5.76 Å². The molecule has 1 aromatic heterocycles. The third-order valence-electron chi connectivity index (χ3n) is 2.66. The van der Waals surface area contributed by atoms with E-state index in [9.17, 15) is 18.0 Å². The fraction of sp³-hybridized carbons (Fsp3) is 0.0667. The molecule has 0 atom stereocenters. The highest BCUT2D eigenvalue weighted by Gasteiger charge is 2.29. The summed E-state index contributed by atoms with van der Waals surface area (Å²) in [5.74, 6) is -0.628. The van der Waals surface area contributed by atoms with Crippen molar-refractivity contribution in [2.45, 2.75) is 6.18 Å². The van der Waals surface area contributed by atoms with Crippen molar-refractivity contribution in [3.8, 4) is 6.07 Å². The molecule has 0 aliphatic rings. The number of benzene rings is 1. The molecule has 0 fully saturated rings. The Morgan fingerprint density at radius 1 is 1.19 bits per heavy atom. The number of carbonyl (C=O) groups excluding carboxylic acids is 1. The van der Waals surface area contributed by atoms with Crippen molar-refractivity contribution in [3.63, 3.8) is 0 Å². The van der Waals surface area contributed by atoms with E-state index < -0.39 is 17.5 Å². The third-order valence-corrected chi connectivity index (χ3v) is 2.66. The van der Waals surface area contributed by atoms with E-state index in [1.165, 1.54) is 36.6 Å². The van der Waals surface area contributed by atoms with Gasteiger partial charge in [-0.3, -0.25) is 4.79 Å². The highest BCUT2D eigenvalue weighted by atomic mass is 19.4. The molecule has 0 spiro atoms. The Balaban J connectivity index is 2.29. The summed E-state index contributed by atoms with van der Waals surface area (Å²) in [6.07, 6.45) is -1.92. The van der Waals surface area contributed by atoms with E-state index in [0.717, 1.165) is 12.1 Å². The molecule has 0 amide bonds. The van der Waals surface area contributed by atoms with Gasteiger partial charge < -0.3 is 4.42 Å². The van der Waals surface area contributed by atoms with Gasteiger partial charge in [-0.05, 0) is 35.9 Å². The summed E-state index contributed by atoms with van der Waals surface area (Å²) in [5.41, 5.74) is -0.695. The number of furan rings is 1. The van der Waals surface area contributed by atoms with Crippen LogP contribution in [0.4, 0.5) is 13.2 Å². The number of nitriles is 1. The Morgan fingerprint density at radius 2 is 1.86 bits per heavy atom. The van der Waals surface area contributed by atoms with Gasteiger partial charge >= 0.3 is 6.18 Å². The predicted molar refractivity (Wildman–Crippen MR) is 68.1 cm³/mol. The first kappa shape index (κ1) is 14.6. The van der Waals surface area contributed by atoms with Crippen LogP contribution >= 0.6 is 0 Å². The smallest absolute Gasteiger partial charge is 0.416 e. The normalized spacial score (nSPS) is 12.0. The van der Waals surface area contributed by atoms with E-state index in [-0.39, 0.29) is 11.3 Å². The lowest BCUT2D eigenvalue weighted by atomic mass is 10.1. The summed E-state index contributed by atoms with van der Waals surface area (Å²) in [6.45, 7) is 0. The Labute approximate surface area is 117 Å². The van der Waals surface area contributed by atoms with Gasteiger partial charge in [0.2, 0.25) is 5.78 Å². The van der Waals surface area contributed by atoms with Crippen molar-refractivity contribution in [2.75, 3.05) is 0 Å². The molecule has 3 nitrogen and oxygen atoms in total. The molecular formula is C15H8F3NO2. The zero-order valence-electron chi connectivity index (χ0n) is 10.5. The lowest BCUT2D eigenvalue weighted by Gasteiger charge is -2.06. The quantitative estimate of drug-likeness (QED) is 0.486. The first-order valence-corrected chi connectivity index (χ1v) is 5.79. The van der Waals surface area contributed by atoms with E-state index in [1.54, 1.807) is 6.07 Å². The lowest BCUT2D eigenvalue weighted by molar-refractivity contribution is -0.137. The molecule has 21 heavy (non-hydrogen) atoms. The summed E-state index contributed by atoms with van der Waals surface area (Å²) >= 11 is 0.